The molecule has 2 heterocycles. The summed E-state index contributed by atoms with van der Waals surface area (Å²) in [6, 6.07) is 4.68. The van der Waals surface area contributed by atoms with E-state index in [-0.39, 0.29) is 11.8 Å². The van der Waals surface area contributed by atoms with Crippen molar-refractivity contribution in [3.63, 3.8) is 0 Å². The summed E-state index contributed by atoms with van der Waals surface area (Å²) in [5, 5.41) is 11.9. The van der Waals surface area contributed by atoms with E-state index >= 15 is 0 Å². The number of urea groups is 1. The van der Waals surface area contributed by atoms with Gasteiger partial charge in [-0.3, -0.25) is 4.79 Å². The average Bonchev–Trinajstić information content (AvgIpc) is 2.83. The van der Waals surface area contributed by atoms with Gasteiger partial charge in [-0.15, -0.1) is 0 Å². The second-order valence-electron chi connectivity index (χ2n) is 6.43. The Bertz CT molecular complexity index is 838. The Morgan fingerprint density at radius 2 is 2.08 bits per heavy atom. The lowest BCUT2D eigenvalue weighted by Gasteiger charge is -2.33. The van der Waals surface area contributed by atoms with Crippen LogP contribution < -0.4 is 15.0 Å². The van der Waals surface area contributed by atoms with E-state index in [0.717, 1.165) is 4.90 Å². The van der Waals surface area contributed by atoms with Gasteiger partial charge in [0.1, 0.15) is 11.5 Å². The molecule has 0 radical (unpaired) electrons. The van der Waals surface area contributed by atoms with E-state index in [9.17, 15) is 14.9 Å². The number of methoxy groups -OCH3 is 1. The van der Waals surface area contributed by atoms with Gasteiger partial charge in [0.2, 0.25) is 5.88 Å². The number of allylic oxidation sites excluding steroid dienone is 2. The van der Waals surface area contributed by atoms with Gasteiger partial charge in [-0.05, 0) is 26.0 Å². The highest BCUT2D eigenvalue weighted by molar-refractivity contribution is 6.22. The van der Waals surface area contributed by atoms with Gasteiger partial charge in [-0.25, -0.2) is 14.7 Å². The number of ether oxygens (including phenoxy) is 2. The van der Waals surface area contributed by atoms with Crippen molar-refractivity contribution in [2.75, 3.05) is 12.0 Å². The number of pyridine rings is 1. The molecule has 0 spiro atoms. The molecule has 1 N–H and O–H groups in total. The Kier molecular flexibility index (Phi) is 4.26. The molecule has 1 aromatic rings. The standard InChI is InChI=1S/C18H18N4O4/c1-17(2)15(23)22(16(24)21-17)13-7-8-14(20-11-13)26-18(25-3)9-5-4-6-12(18)10-19/h4-9,11-12H,1-3H3,(H,21,24). The van der Waals surface area contributed by atoms with Gasteiger partial charge in [-0.2, -0.15) is 5.26 Å². The quantitative estimate of drug-likeness (QED) is 0.654. The summed E-state index contributed by atoms with van der Waals surface area (Å²) in [5.74, 6) is -2.11. The van der Waals surface area contributed by atoms with E-state index in [1.165, 1.54) is 19.4 Å². The fraction of sp³-hybridized carbons (Fsp3) is 0.333. The topological polar surface area (TPSA) is 105 Å². The predicted octanol–water partition coefficient (Wildman–Crippen LogP) is 1.90. The van der Waals surface area contributed by atoms with Gasteiger partial charge in [-0.1, -0.05) is 18.2 Å². The molecule has 26 heavy (non-hydrogen) atoms. The second kappa shape index (κ2) is 6.28. The summed E-state index contributed by atoms with van der Waals surface area (Å²) in [4.78, 5) is 29.6. The molecule has 1 fully saturated rings. The highest BCUT2D eigenvalue weighted by Gasteiger charge is 2.45. The summed E-state index contributed by atoms with van der Waals surface area (Å²) >= 11 is 0. The van der Waals surface area contributed by atoms with Crippen LogP contribution in [0.1, 0.15) is 13.8 Å². The minimum absolute atomic E-state index is 0.196. The zero-order valence-electron chi connectivity index (χ0n) is 14.6. The van der Waals surface area contributed by atoms with Gasteiger partial charge in [0.05, 0.1) is 18.0 Å². The third kappa shape index (κ3) is 2.82. The molecule has 2 atom stereocenters. The van der Waals surface area contributed by atoms with Crippen LogP contribution in [0, 0.1) is 17.2 Å². The summed E-state index contributed by atoms with van der Waals surface area (Å²) in [7, 11) is 1.44. The summed E-state index contributed by atoms with van der Waals surface area (Å²) in [6.07, 6.45) is 8.14. The van der Waals surface area contributed by atoms with E-state index in [0.29, 0.717) is 5.69 Å². The highest BCUT2D eigenvalue weighted by atomic mass is 16.7. The van der Waals surface area contributed by atoms with Crippen LogP contribution in [0.2, 0.25) is 0 Å². The van der Waals surface area contributed by atoms with Crippen molar-refractivity contribution < 1.29 is 19.1 Å². The number of nitrogens with zero attached hydrogens (tertiary/aromatic N) is 3. The molecular formula is C18H18N4O4. The molecule has 1 saturated heterocycles. The van der Waals surface area contributed by atoms with Gasteiger partial charge < -0.3 is 14.8 Å². The fourth-order valence-electron chi connectivity index (χ4n) is 2.78. The van der Waals surface area contributed by atoms with Crippen LogP contribution in [0.25, 0.3) is 0 Å². The molecule has 2 aliphatic rings. The molecule has 134 valence electrons. The number of carbonyl (C=O) groups is 2. The van der Waals surface area contributed by atoms with Crippen LogP contribution in [-0.4, -0.2) is 35.4 Å². The van der Waals surface area contributed by atoms with Crippen LogP contribution in [0.15, 0.2) is 42.6 Å². The molecule has 1 aromatic heterocycles. The van der Waals surface area contributed by atoms with Gasteiger partial charge in [0, 0.05) is 13.2 Å². The Balaban J connectivity index is 1.84. The zero-order chi connectivity index (χ0) is 18.9. The van der Waals surface area contributed by atoms with Gasteiger partial charge in [0.25, 0.3) is 11.7 Å². The molecule has 1 aliphatic heterocycles. The minimum atomic E-state index is -1.29. The molecule has 0 saturated carbocycles. The Labute approximate surface area is 150 Å². The summed E-state index contributed by atoms with van der Waals surface area (Å²) in [5.41, 5.74) is -0.640. The monoisotopic (exact) mass is 354 g/mol. The summed E-state index contributed by atoms with van der Waals surface area (Å²) < 4.78 is 11.2. The van der Waals surface area contributed by atoms with E-state index in [1.807, 2.05) is 0 Å². The first kappa shape index (κ1) is 17.6. The molecule has 0 bridgehead atoms. The molecule has 2 unspecified atom stereocenters. The maximum atomic E-state index is 12.3. The number of anilines is 1. The smallest absolute Gasteiger partial charge is 0.329 e. The lowest BCUT2D eigenvalue weighted by Crippen LogP contribution is -2.43. The van der Waals surface area contributed by atoms with E-state index in [1.54, 1.807) is 44.2 Å². The molecular weight excluding hydrogens is 336 g/mol. The number of aromatic nitrogens is 1. The van der Waals surface area contributed by atoms with Crippen LogP contribution >= 0.6 is 0 Å². The first-order valence-electron chi connectivity index (χ1n) is 7.95. The lowest BCUT2D eigenvalue weighted by molar-refractivity contribution is -0.143. The van der Waals surface area contributed by atoms with Gasteiger partial charge in [0.15, 0.2) is 0 Å². The number of hydrogen-bond acceptors (Lipinski definition) is 6. The van der Waals surface area contributed by atoms with Crippen LogP contribution in [0.3, 0.4) is 0 Å². The fourth-order valence-corrected chi connectivity index (χ4v) is 2.78. The number of nitriles is 1. The predicted molar refractivity (Wildman–Crippen MR) is 92.1 cm³/mol. The molecule has 8 heteroatoms. The Morgan fingerprint density at radius 1 is 1.31 bits per heavy atom. The zero-order valence-corrected chi connectivity index (χ0v) is 14.6. The Hall–Kier alpha value is -3.18. The Morgan fingerprint density at radius 3 is 2.62 bits per heavy atom. The molecule has 3 amide bonds. The van der Waals surface area contributed by atoms with Crippen molar-refractivity contribution in [1.82, 2.24) is 10.3 Å². The molecule has 1 aliphatic carbocycles. The number of amides is 3. The molecule has 3 rings (SSSR count). The highest BCUT2D eigenvalue weighted by Crippen LogP contribution is 2.31. The van der Waals surface area contributed by atoms with Crippen molar-refractivity contribution in [3.8, 4) is 11.9 Å². The summed E-state index contributed by atoms with van der Waals surface area (Å²) in [6.45, 7) is 3.26. The average molecular weight is 354 g/mol. The second-order valence-corrected chi connectivity index (χ2v) is 6.43. The minimum Gasteiger partial charge on any atom is -0.440 e. The van der Waals surface area contributed by atoms with E-state index < -0.39 is 23.3 Å². The van der Waals surface area contributed by atoms with E-state index in [2.05, 4.69) is 16.4 Å². The van der Waals surface area contributed by atoms with Gasteiger partial charge >= 0.3 is 6.03 Å². The molecule has 8 nitrogen and oxygen atoms in total. The number of carbonyl (C=O) groups excluding carboxylic acids is 2. The van der Waals surface area contributed by atoms with Crippen molar-refractivity contribution in [2.24, 2.45) is 5.92 Å². The first-order valence-corrected chi connectivity index (χ1v) is 7.95. The molecule has 0 aromatic carbocycles. The number of hydrogen-bond donors (Lipinski definition) is 1. The SMILES string of the molecule is COC1(Oc2ccc(N3C(=O)NC(C)(C)C3=O)cn2)C=CC=CC1C#N. The van der Waals surface area contributed by atoms with Crippen LogP contribution in [0.5, 0.6) is 5.88 Å². The van der Waals surface area contributed by atoms with Crippen molar-refractivity contribution in [3.05, 3.63) is 42.6 Å². The normalized spacial score (nSPS) is 26.5. The van der Waals surface area contributed by atoms with Crippen molar-refractivity contribution in [2.45, 2.75) is 25.2 Å². The van der Waals surface area contributed by atoms with Crippen molar-refractivity contribution in [1.29, 1.82) is 5.26 Å². The third-order valence-corrected chi connectivity index (χ3v) is 4.24. The van der Waals surface area contributed by atoms with E-state index in [4.69, 9.17) is 9.47 Å². The maximum Gasteiger partial charge on any atom is 0.329 e. The number of imide groups is 1. The van der Waals surface area contributed by atoms with Crippen LogP contribution in [0.4, 0.5) is 10.5 Å². The van der Waals surface area contributed by atoms with Crippen molar-refractivity contribution >= 4 is 17.6 Å². The van der Waals surface area contributed by atoms with Crippen LogP contribution in [-0.2, 0) is 9.53 Å². The lowest BCUT2D eigenvalue weighted by atomic mass is 9.95. The number of nitrogens with one attached hydrogen (secondary N) is 1. The maximum absolute atomic E-state index is 12.3. The largest absolute Gasteiger partial charge is 0.440 e. The number of rotatable bonds is 4. The first-order chi connectivity index (χ1) is 12.3. The third-order valence-electron chi connectivity index (χ3n) is 4.24.